The molecular formula is C12H8F3N5. The number of benzene rings is 1. The Hall–Kier alpha value is -2.64. The topological polar surface area (TPSA) is 66.5 Å². The largest absolute Gasteiger partial charge is 0.357 e. The number of anilines is 1. The van der Waals surface area contributed by atoms with Crippen molar-refractivity contribution in [2.24, 2.45) is 0 Å². The second-order valence-electron chi connectivity index (χ2n) is 4.03. The molecule has 0 bridgehead atoms. The van der Waals surface area contributed by atoms with Gasteiger partial charge in [0.1, 0.15) is 0 Å². The van der Waals surface area contributed by atoms with Crippen molar-refractivity contribution in [3.8, 4) is 11.3 Å². The van der Waals surface area contributed by atoms with Crippen molar-refractivity contribution in [2.45, 2.75) is 0 Å². The maximum Gasteiger partial charge on any atom is 0.225 e. The lowest BCUT2D eigenvalue weighted by Gasteiger charge is -2.06. The van der Waals surface area contributed by atoms with Crippen LogP contribution in [0.2, 0.25) is 0 Å². The van der Waals surface area contributed by atoms with E-state index in [1.54, 1.807) is 7.05 Å². The average Bonchev–Trinajstić information content (AvgIpc) is 2.91. The van der Waals surface area contributed by atoms with Crippen LogP contribution in [0.1, 0.15) is 0 Å². The Kier molecular flexibility index (Phi) is 2.78. The number of hydrogen-bond donors (Lipinski definition) is 2. The van der Waals surface area contributed by atoms with Gasteiger partial charge in [-0.25, -0.2) is 18.2 Å². The van der Waals surface area contributed by atoms with E-state index in [2.05, 4.69) is 25.5 Å². The molecule has 0 fully saturated rings. The van der Waals surface area contributed by atoms with E-state index in [0.717, 1.165) is 12.1 Å². The first-order valence-electron chi connectivity index (χ1n) is 5.64. The summed E-state index contributed by atoms with van der Waals surface area (Å²) in [5.41, 5.74) is 0.766. The molecule has 5 nitrogen and oxygen atoms in total. The zero-order valence-electron chi connectivity index (χ0n) is 10.2. The Bertz CT molecular complexity index is 776. The van der Waals surface area contributed by atoms with Crippen LogP contribution in [0, 0.1) is 17.5 Å². The first kappa shape index (κ1) is 12.4. The van der Waals surface area contributed by atoms with Crippen LogP contribution in [0.25, 0.3) is 22.3 Å². The van der Waals surface area contributed by atoms with Crippen LogP contribution in [-0.2, 0) is 0 Å². The SMILES string of the molecule is CNc1nc(-c2cc(F)c(F)c(F)c2)c2cn[nH]c2n1. The predicted molar refractivity (Wildman–Crippen MR) is 66.5 cm³/mol. The van der Waals surface area contributed by atoms with Gasteiger partial charge in [0, 0.05) is 12.6 Å². The van der Waals surface area contributed by atoms with Crippen LogP contribution in [0.4, 0.5) is 19.1 Å². The second-order valence-corrected chi connectivity index (χ2v) is 4.03. The summed E-state index contributed by atoms with van der Waals surface area (Å²) in [5.74, 6) is -3.82. The van der Waals surface area contributed by atoms with Crippen LogP contribution in [0.3, 0.4) is 0 Å². The first-order chi connectivity index (χ1) is 9.60. The summed E-state index contributed by atoms with van der Waals surface area (Å²) in [6.07, 6.45) is 1.43. The standard InChI is InChI=1S/C12H8F3N5/c1-16-12-18-10(6-4-17-20-11(6)19-12)5-2-7(13)9(15)8(14)3-5/h2-4H,1H3,(H2,16,17,18,19,20). The number of aromatic amines is 1. The highest BCUT2D eigenvalue weighted by atomic mass is 19.2. The molecule has 1 aromatic carbocycles. The van der Waals surface area contributed by atoms with Gasteiger partial charge in [0.05, 0.1) is 17.3 Å². The highest BCUT2D eigenvalue weighted by Crippen LogP contribution is 2.28. The molecule has 0 unspecified atom stereocenters. The Morgan fingerprint density at radius 3 is 2.45 bits per heavy atom. The van der Waals surface area contributed by atoms with Crippen LogP contribution in [0.15, 0.2) is 18.3 Å². The fourth-order valence-electron chi connectivity index (χ4n) is 1.86. The molecule has 0 aliphatic heterocycles. The summed E-state index contributed by atoms with van der Waals surface area (Å²) in [6, 6.07) is 1.76. The molecule has 0 radical (unpaired) electrons. The summed E-state index contributed by atoms with van der Waals surface area (Å²) in [5, 5.41) is 9.66. The van der Waals surface area contributed by atoms with Crippen molar-refractivity contribution < 1.29 is 13.2 Å². The average molecular weight is 279 g/mol. The minimum atomic E-state index is -1.51. The first-order valence-corrected chi connectivity index (χ1v) is 5.64. The van der Waals surface area contributed by atoms with Gasteiger partial charge in [-0.3, -0.25) is 5.10 Å². The van der Waals surface area contributed by atoms with Gasteiger partial charge in [-0.15, -0.1) is 0 Å². The van der Waals surface area contributed by atoms with Gasteiger partial charge in [-0.05, 0) is 12.1 Å². The summed E-state index contributed by atoms with van der Waals surface area (Å²) < 4.78 is 39.7. The Morgan fingerprint density at radius 1 is 1.10 bits per heavy atom. The molecule has 0 saturated carbocycles. The number of hydrogen-bond acceptors (Lipinski definition) is 4. The molecule has 102 valence electrons. The normalized spacial score (nSPS) is 11.0. The summed E-state index contributed by atoms with van der Waals surface area (Å²) >= 11 is 0. The van der Waals surface area contributed by atoms with E-state index in [9.17, 15) is 13.2 Å². The number of nitrogens with one attached hydrogen (secondary N) is 2. The van der Waals surface area contributed by atoms with Crippen LogP contribution < -0.4 is 5.32 Å². The molecule has 3 rings (SSSR count). The lowest BCUT2D eigenvalue weighted by Crippen LogP contribution is -2.00. The zero-order valence-corrected chi connectivity index (χ0v) is 10.2. The highest BCUT2D eigenvalue weighted by molar-refractivity contribution is 5.90. The summed E-state index contributed by atoms with van der Waals surface area (Å²) in [6.45, 7) is 0. The van der Waals surface area contributed by atoms with E-state index in [1.807, 2.05) is 0 Å². The van der Waals surface area contributed by atoms with Crippen molar-refractivity contribution in [1.82, 2.24) is 20.2 Å². The Morgan fingerprint density at radius 2 is 1.80 bits per heavy atom. The lowest BCUT2D eigenvalue weighted by atomic mass is 10.1. The van der Waals surface area contributed by atoms with E-state index in [1.165, 1.54) is 6.20 Å². The lowest BCUT2D eigenvalue weighted by molar-refractivity contribution is 0.447. The third-order valence-corrected chi connectivity index (χ3v) is 2.79. The number of fused-ring (bicyclic) bond motifs is 1. The van der Waals surface area contributed by atoms with Gasteiger partial charge >= 0.3 is 0 Å². The van der Waals surface area contributed by atoms with Crippen molar-refractivity contribution in [2.75, 3.05) is 12.4 Å². The van der Waals surface area contributed by atoms with Crippen molar-refractivity contribution >= 4 is 17.0 Å². The zero-order chi connectivity index (χ0) is 14.3. The number of H-pyrrole nitrogens is 1. The molecular weight excluding hydrogens is 271 g/mol. The molecule has 0 aliphatic carbocycles. The molecule has 0 amide bonds. The van der Waals surface area contributed by atoms with Crippen molar-refractivity contribution in [1.29, 1.82) is 0 Å². The maximum atomic E-state index is 13.3. The van der Waals surface area contributed by atoms with E-state index < -0.39 is 17.5 Å². The molecule has 8 heteroatoms. The number of aromatic nitrogens is 4. The van der Waals surface area contributed by atoms with Gasteiger partial charge in [0.25, 0.3) is 0 Å². The monoisotopic (exact) mass is 279 g/mol. The van der Waals surface area contributed by atoms with E-state index in [-0.39, 0.29) is 17.2 Å². The van der Waals surface area contributed by atoms with E-state index in [0.29, 0.717) is 11.0 Å². The van der Waals surface area contributed by atoms with Gasteiger partial charge in [0.2, 0.25) is 5.95 Å². The van der Waals surface area contributed by atoms with Gasteiger partial charge in [-0.2, -0.15) is 10.1 Å². The minimum absolute atomic E-state index is 0.103. The predicted octanol–water partition coefficient (Wildman–Crippen LogP) is 2.48. The fourth-order valence-corrected chi connectivity index (χ4v) is 1.86. The maximum absolute atomic E-state index is 13.3. The summed E-state index contributed by atoms with van der Waals surface area (Å²) in [7, 11) is 1.60. The molecule has 3 aromatic rings. The summed E-state index contributed by atoms with van der Waals surface area (Å²) in [4.78, 5) is 8.24. The molecule has 0 aliphatic rings. The molecule has 0 atom stereocenters. The van der Waals surface area contributed by atoms with Gasteiger partial charge in [0.15, 0.2) is 23.1 Å². The minimum Gasteiger partial charge on any atom is -0.357 e. The quantitative estimate of drug-likeness (QED) is 0.707. The number of nitrogens with zero attached hydrogens (tertiary/aromatic N) is 3. The van der Waals surface area contributed by atoms with Crippen LogP contribution in [-0.4, -0.2) is 27.2 Å². The van der Waals surface area contributed by atoms with Crippen LogP contribution >= 0.6 is 0 Å². The number of halogens is 3. The van der Waals surface area contributed by atoms with Crippen molar-refractivity contribution in [3.05, 3.63) is 35.8 Å². The molecule has 2 heterocycles. The highest BCUT2D eigenvalue weighted by Gasteiger charge is 2.16. The Balaban J connectivity index is 2.30. The number of rotatable bonds is 2. The molecule has 2 aromatic heterocycles. The third-order valence-electron chi connectivity index (χ3n) is 2.79. The van der Waals surface area contributed by atoms with Gasteiger partial charge < -0.3 is 5.32 Å². The van der Waals surface area contributed by atoms with Gasteiger partial charge in [-0.1, -0.05) is 0 Å². The third kappa shape index (κ3) is 1.85. The molecule has 0 spiro atoms. The second kappa shape index (κ2) is 4.48. The molecule has 2 N–H and O–H groups in total. The smallest absolute Gasteiger partial charge is 0.225 e. The van der Waals surface area contributed by atoms with Crippen LogP contribution in [0.5, 0.6) is 0 Å². The van der Waals surface area contributed by atoms with E-state index >= 15 is 0 Å². The fraction of sp³-hybridized carbons (Fsp3) is 0.0833. The molecule has 0 saturated heterocycles. The van der Waals surface area contributed by atoms with Crippen molar-refractivity contribution in [3.63, 3.8) is 0 Å². The molecule has 20 heavy (non-hydrogen) atoms. The Labute approximate surface area is 110 Å². The van der Waals surface area contributed by atoms with E-state index in [4.69, 9.17) is 0 Å².